The van der Waals surface area contributed by atoms with E-state index in [0.29, 0.717) is 22.2 Å². The number of fused-ring (bicyclic) bond motifs is 1. The lowest BCUT2D eigenvalue weighted by Gasteiger charge is -2.26. The highest BCUT2D eigenvalue weighted by molar-refractivity contribution is 7.17. The second kappa shape index (κ2) is 8.06. The Kier molecular flexibility index (Phi) is 6.01. The van der Waals surface area contributed by atoms with Gasteiger partial charge in [0.25, 0.3) is 11.8 Å². The molecule has 1 aliphatic rings. The van der Waals surface area contributed by atoms with Crippen molar-refractivity contribution in [1.82, 2.24) is 0 Å². The second-order valence-corrected chi connectivity index (χ2v) is 10.9. The molecule has 0 radical (unpaired) electrons. The van der Waals surface area contributed by atoms with Gasteiger partial charge in [0.15, 0.2) is 5.60 Å². The average Bonchev–Trinajstić information content (AvgIpc) is 2.98. The zero-order chi connectivity index (χ0) is 22.3. The quantitative estimate of drug-likeness (QED) is 0.698. The maximum Gasteiger partial charge on any atom is 0.268 e. The monoisotopic (exact) mass is 428 g/mol. The molecule has 0 saturated heterocycles. The van der Waals surface area contributed by atoms with Crippen molar-refractivity contribution in [3.05, 3.63) is 45.8 Å². The summed E-state index contributed by atoms with van der Waals surface area (Å²) in [6.45, 7) is 12.1. The van der Waals surface area contributed by atoms with Crippen molar-refractivity contribution in [2.75, 3.05) is 5.32 Å². The van der Waals surface area contributed by atoms with E-state index in [2.05, 4.69) is 33.0 Å². The van der Waals surface area contributed by atoms with E-state index in [1.54, 1.807) is 13.8 Å². The van der Waals surface area contributed by atoms with E-state index in [0.717, 1.165) is 29.7 Å². The van der Waals surface area contributed by atoms with Crippen LogP contribution < -0.4 is 15.8 Å². The first-order chi connectivity index (χ1) is 13.9. The minimum atomic E-state index is -1.12. The molecule has 5 nitrogen and oxygen atoms in total. The number of rotatable bonds is 5. The fourth-order valence-corrected chi connectivity index (χ4v) is 5.13. The Morgan fingerprint density at radius 3 is 2.33 bits per heavy atom. The standard InChI is InChI=1S/C24H32N2O3S/c1-14-7-12-17-18(13-14)30-21(19(17)20(25)27)26-22(28)24(5,6)29-16-10-8-15(9-11-16)23(2,3)4/h8-11,14H,7,12-13H2,1-6H3,(H2,25,27)(H,26,28)/t14-/m1/s1. The minimum absolute atomic E-state index is 0.0480. The van der Waals surface area contributed by atoms with E-state index >= 15 is 0 Å². The van der Waals surface area contributed by atoms with Crippen molar-refractivity contribution in [2.45, 2.75) is 71.8 Å². The van der Waals surface area contributed by atoms with Gasteiger partial charge in [-0.25, -0.2) is 0 Å². The molecule has 1 atom stereocenters. The van der Waals surface area contributed by atoms with E-state index in [9.17, 15) is 9.59 Å². The highest BCUT2D eigenvalue weighted by Crippen LogP contribution is 2.40. The van der Waals surface area contributed by atoms with Crippen LogP contribution in [0.15, 0.2) is 24.3 Å². The van der Waals surface area contributed by atoms with E-state index < -0.39 is 11.5 Å². The molecule has 0 aliphatic heterocycles. The van der Waals surface area contributed by atoms with Crippen molar-refractivity contribution < 1.29 is 14.3 Å². The predicted octanol–water partition coefficient (Wildman–Crippen LogP) is 5.07. The van der Waals surface area contributed by atoms with Gasteiger partial charge < -0.3 is 15.8 Å². The maximum atomic E-state index is 13.0. The van der Waals surface area contributed by atoms with Crippen LogP contribution in [-0.4, -0.2) is 17.4 Å². The predicted molar refractivity (Wildman–Crippen MR) is 123 cm³/mol. The number of primary amides is 1. The summed E-state index contributed by atoms with van der Waals surface area (Å²) in [4.78, 5) is 26.3. The van der Waals surface area contributed by atoms with E-state index in [4.69, 9.17) is 10.5 Å². The molecular weight excluding hydrogens is 396 g/mol. The molecule has 6 heteroatoms. The second-order valence-electron chi connectivity index (χ2n) is 9.76. The van der Waals surface area contributed by atoms with Crippen LogP contribution >= 0.6 is 11.3 Å². The number of hydrogen-bond acceptors (Lipinski definition) is 4. The summed E-state index contributed by atoms with van der Waals surface area (Å²) in [7, 11) is 0. The first-order valence-corrected chi connectivity index (χ1v) is 11.3. The zero-order valence-electron chi connectivity index (χ0n) is 18.7. The van der Waals surface area contributed by atoms with Gasteiger partial charge in [0.05, 0.1) is 5.56 Å². The summed E-state index contributed by atoms with van der Waals surface area (Å²) in [5.41, 5.74) is 7.25. The molecule has 0 spiro atoms. The number of nitrogens with two attached hydrogens (primary N) is 1. The molecule has 1 aromatic heterocycles. The molecule has 0 fully saturated rings. The fourth-order valence-electron chi connectivity index (χ4n) is 3.72. The number of amides is 2. The van der Waals surface area contributed by atoms with E-state index in [-0.39, 0.29) is 11.3 Å². The highest BCUT2D eigenvalue weighted by Gasteiger charge is 2.33. The van der Waals surface area contributed by atoms with Crippen LogP contribution in [0.25, 0.3) is 0 Å². The van der Waals surface area contributed by atoms with Gasteiger partial charge in [-0.2, -0.15) is 0 Å². The third kappa shape index (κ3) is 4.69. The topological polar surface area (TPSA) is 81.4 Å². The van der Waals surface area contributed by atoms with Gasteiger partial charge in [-0.05, 0) is 67.7 Å². The van der Waals surface area contributed by atoms with Crippen LogP contribution in [0.4, 0.5) is 5.00 Å². The lowest BCUT2D eigenvalue weighted by atomic mass is 9.87. The van der Waals surface area contributed by atoms with Gasteiger partial charge in [-0.1, -0.05) is 39.8 Å². The number of thiophene rings is 1. The molecule has 3 N–H and O–H groups in total. The SMILES string of the molecule is C[C@@H]1CCc2c(sc(NC(=O)C(C)(C)Oc3ccc(C(C)(C)C)cc3)c2C(N)=O)C1. The summed E-state index contributed by atoms with van der Waals surface area (Å²) >= 11 is 1.46. The molecule has 2 amide bonds. The molecule has 3 rings (SSSR count). The fraction of sp³-hybridized carbons (Fsp3) is 0.500. The molecule has 1 heterocycles. The van der Waals surface area contributed by atoms with Gasteiger partial charge in [-0.3, -0.25) is 9.59 Å². The van der Waals surface area contributed by atoms with Gasteiger partial charge in [0.2, 0.25) is 0 Å². The lowest BCUT2D eigenvalue weighted by Crippen LogP contribution is -2.42. The van der Waals surface area contributed by atoms with Gasteiger partial charge >= 0.3 is 0 Å². The van der Waals surface area contributed by atoms with Crippen molar-refractivity contribution in [3.8, 4) is 5.75 Å². The van der Waals surface area contributed by atoms with Crippen LogP contribution in [0, 0.1) is 5.92 Å². The van der Waals surface area contributed by atoms with Crippen LogP contribution in [-0.2, 0) is 23.1 Å². The van der Waals surface area contributed by atoms with Gasteiger partial charge in [0, 0.05) is 4.88 Å². The Morgan fingerprint density at radius 1 is 1.13 bits per heavy atom. The van der Waals surface area contributed by atoms with Crippen LogP contribution in [0.5, 0.6) is 5.75 Å². The summed E-state index contributed by atoms with van der Waals surface area (Å²) in [6, 6.07) is 7.80. The number of carbonyl (C=O) groups excluding carboxylic acids is 2. The minimum Gasteiger partial charge on any atom is -0.478 e. The van der Waals surface area contributed by atoms with Crippen LogP contribution in [0.1, 0.15) is 74.3 Å². The number of carbonyl (C=O) groups is 2. The third-order valence-corrected chi connectivity index (χ3v) is 6.80. The summed E-state index contributed by atoms with van der Waals surface area (Å²) in [6.07, 6.45) is 2.76. The number of ether oxygens (including phenoxy) is 1. The van der Waals surface area contributed by atoms with Gasteiger partial charge in [0.1, 0.15) is 10.8 Å². The molecular formula is C24H32N2O3S. The number of hydrogen-bond donors (Lipinski definition) is 2. The molecule has 0 unspecified atom stereocenters. The van der Waals surface area contributed by atoms with Crippen molar-refractivity contribution in [2.24, 2.45) is 11.7 Å². The highest BCUT2D eigenvalue weighted by atomic mass is 32.1. The lowest BCUT2D eigenvalue weighted by molar-refractivity contribution is -0.128. The summed E-state index contributed by atoms with van der Waals surface area (Å²) in [5, 5.41) is 3.45. The molecule has 162 valence electrons. The number of nitrogens with one attached hydrogen (secondary N) is 1. The zero-order valence-corrected chi connectivity index (χ0v) is 19.5. The van der Waals surface area contributed by atoms with Gasteiger partial charge in [-0.15, -0.1) is 11.3 Å². The molecule has 1 aliphatic carbocycles. The Morgan fingerprint density at radius 2 is 1.77 bits per heavy atom. The average molecular weight is 429 g/mol. The molecule has 30 heavy (non-hydrogen) atoms. The van der Waals surface area contributed by atoms with Crippen molar-refractivity contribution >= 4 is 28.2 Å². The largest absolute Gasteiger partial charge is 0.478 e. The Bertz CT molecular complexity index is 952. The molecule has 0 bridgehead atoms. The summed E-state index contributed by atoms with van der Waals surface area (Å²) in [5.74, 6) is 0.388. The Balaban J connectivity index is 1.79. The number of anilines is 1. The maximum absolute atomic E-state index is 13.0. The van der Waals surface area contributed by atoms with Crippen molar-refractivity contribution in [3.63, 3.8) is 0 Å². The first-order valence-electron chi connectivity index (χ1n) is 10.4. The first kappa shape index (κ1) is 22.3. The number of benzene rings is 1. The van der Waals surface area contributed by atoms with Crippen molar-refractivity contribution in [1.29, 1.82) is 0 Å². The van der Waals surface area contributed by atoms with E-state index in [1.165, 1.54) is 16.9 Å². The Labute approximate surface area is 183 Å². The third-order valence-electron chi connectivity index (χ3n) is 5.63. The van der Waals surface area contributed by atoms with E-state index in [1.807, 2.05) is 24.3 Å². The molecule has 2 aromatic rings. The normalized spacial score (nSPS) is 16.7. The molecule has 0 saturated carbocycles. The van der Waals surface area contributed by atoms with Crippen LogP contribution in [0.3, 0.4) is 0 Å². The molecule has 1 aromatic carbocycles. The smallest absolute Gasteiger partial charge is 0.268 e. The Hall–Kier alpha value is -2.34. The summed E-state index contributed by atoms with van der Waals surface area (Å²) < 4.78 is 6.00. The van der Waals surface area contributed by atoms with Crippen LogP contribution in [0.2, 0.25) is 0 Å².